The van der Waals surface area contributed by atoms with Crippen molar-refractivity contribution in [3.05, 3.63) is 0 Å². The maximum Gasteiger partial charge on any atom is 0 e. The van der Waals surface area contributed by atoms with Crippen molar-refractivity contribution in [2.45, 2.75) is 0 Å². The average molecular weight is 192 g/mol. The Kier molecular flexibility index (Phi) is 13.7. The van der Waals surface area contributed by atoms with Crippen molar-refractivity contribution in [2.75, 3.05) is 0 Å². The summed E-state index contributed by atoms with van der Waals surface area (Å²) in [4.78, 5) is 21.6. The van der Waals surface area contributed by atoms with Gasteiger partial charge in [0.1, 0.15) is 0 Å². The molecule has 0 saturated carbocycles. The van der Waals surface area contributed by atoms with Crippen molar-refractivity contribution >= 4 is 45.6 Å². The number of rotatable bonds is 0. The van der Waals surface area contributed by atoms with Gasteiger partial charge >= 0.3 is 45.6 Å². The van der Waals surface area contributed by atoms with Crippen LogP contribution in [0.25, 0.3) is 0 Å². The summed E-state index contributed by atoms with van der Waals surface area (Å²) in [6.45, 7) is 0. The second kappa shape index (κ2) is 6.03. The molecule has 0 saturated heterocycles. The third kappa shape index (κ3) is 76.1. The molecule has 0 heterocycles. The summed E-state index contributed by atoms with van der Waals surface area (Å²) in [7, 11) is -4.64. The quantitative estimate of drug-likeness (QED) is 0.311. The van der Waals surface area contributed by atoms with Crippen LogP contribution in [0.3, 0.4) is 0 Å². The van der Waals surface area contributed by atoms with Crippen molar-refractivity contribution in [3.8, 4) is 0 Å². The molecule has 0 atom stereocenters. The molecule has 0 radical (unpaired) electrons. The van der Waals surface area contributed by atoms with Crippen molar-refractivity contribution in [3.63, 3.8) is 0 Å². The van der Waals surface area contributed by atoms with Gasteiger partial charge in [-0.15, -0.1) is 0 Å². The van der Waals surface area contributed by atoms with Gasteiger partial charge in [-0.2, -0.15) is 0 Å². The van der Waals surface area contributed by atoms with E-state index in [4.69, 9.17) is 19.2 Å². The smallest absolute Gasteiger partial charge is 0 e. The Bertz CT molecular complexity index is 57.8. The monoisotopic (exact) mass is 192 g/mol. The Labute approximate surface area is 81.3 Å². The van der Waals surface area contributed by atoms with E-state index in [9.17, 15) is 0 Å². The Hall–Kier alpha value is 1.90. The zero-order valence-corrected chi connectivity index (χ0v) is 4.77. The van der Waals surface area contributed by atoms with Gasteiger partial charge in [0.15, 0.2) is 0 Å². The SMILES string of the molecule is O=P(O)(O)O.[CaH2].[Cr]. The van der Waals surface area contributed by atoms with Crippen LogP contribution >= 0.6 is 7.82 Å². The van der Waals surface area contributed by atoms with Gasteiger partial charge in [0, 0.05) is 17.4 Å². The maximum absolute atomic E-state index is 8.88. The summed E-state index contributed by atoms with van der Waals surface area (Å²) in [6, 6.07) is 0. The van der Waals surface area contributed by atoms with E-state index in [1.54, 1.807) is 0 Å². The fourth-order valence-electron chi connectivity index (χ4n) is 0. The fourth-order valence-corrected chi connectivity index (χ4v) is 0. The standard InChI is InChI=1S/Ca.Cr.H3O4P.2H/c;;1-5(2,3)4;;/h;;(H3,1,2,3,4);;. The van der Waals surface area contributed by atoms with E-state index in [1.807, 2.05) is 0 Å². The van der Waals surface area contributed by atoms with Crippen molar-refractivity contribution < 1.29 is 36.6 Å². The zero-order valence-electron chi connectivity index (χ0n) is 2.61. The zero-order chi connectivity index (χ0) is 4.50. The molecule has 0 unspecified atom stereocenters. The van der Waals surface area contributed by atoms with Crippen molar-refractivity contribution in [2.24, 2.45) is 0 Å². The number of hydrogen-bond donors (Lipinski definition) is 3. The molecule has 0 aliphatic heterocycles. The van der Waals surface area contributed by atoms with Gasteiger partial charge in [-0.3, -0.25) is 0 Å². The number of hydrogen-bond acceptors (Lipinski definition) is 1. The molecule has 7 heteroatoms. The van der Waals surface area contributed by atoms with Crippen LogP contribution < -0.4 is 0 Å². The summed E-state index contributed by atoms with van der Waals surface area (Å²) in [5.41, 5.74) is 0. The van der Waals surface area contributed by atoms with Crippen molar-refractivity contribution in [1.29, 1.82) is 0 Å². The van der Waals surface area contributed by atoms with E-state index in [-0.39, 0.29) is 55.1 Å². The van der Waals surface area contributed by atoms with E-state index in [2.05, 4.69) is 0 Å². The topological polar surface area (TPSA) is 77.8 Å². The third-order valence-corrected chi connectivity index (χ3v) is 0. The third-order valence-electron chi connectivity index (χ3n) is 0. The van der Waals surface area contributed by atoms with Crippen LogP contribution in [0.1, 0.15) is 0 Å². The van der Waals surface area contributed by atoms with Crippen LogP contribution in [-0.2, 0) is 21.9 Å². The Morgan fingerprint density at radius 1 is 1.14 bits per heavy atom. The summed E-state index contributed by atoms with van der Waals surface area (Å²) in [5, 5.41) is 0. The number of phosphoric acid groups is 1. The summed E-state index contributed by atoms with van der Waals surface area (Å²) in [6.07, 6.45) is 0. The van der Waals surface area contributed by atoms with Crippen LogP contribution in [0.4, 0.5) is 0 Å². The second-order valence-corrected chi connectivity index (χ2v) is 1.54. The molecular formula is H5CaCrO4P. The van der Waals surface area contributed by atoms with Gasteiger partial charge < -0.3 is 14.7 Å². The molecular weight excluding hydrogens is 187 g/mol. The largest absolute Gasteiger partial charge is 0 e. The molecule has 0 spiro atoms. The Morgan fingerprint density at radius 2 is 1.14 bits per heavy atom. The molecule has 0 aliphatic carbocycles. The molecule has 0 aromatic heterocycles. The summed E-state index contributed by atoms with van der Waals surface area (Å²) < 4.78 is 8.88. The van der Waals surface area contributed by atoms with Crippen LogP contribution in [0, 0.1) is 0 Å². The predicted octanol–water partition coefficient (Wildman–Crippen LogP) is -1.85. The van der Waals surface area contributed by atoms with Crippen LogP contribution in [-0.4, -0.2) is 52.4 Å². The van der Waals surface area contributed by atoms with Gasteiger partial charge in [0.2, 0.25) is 0 Å². The minimum atomic E-state index is -4.64. The average Bonchev–Trinajstić information content (AvgIpc) is 0.722. The van der Waals surface area contributed by atoms with E-state index >= 15 is 0 Å². The van der Waals surface area contributed by atoms with Gasteiger partial charge in [-0.05, 0) is 0 Å². The Morgan fingerprint density at radius 3 is 1.14 bits per heavy atom. The molecule has 0 bridgehead atoms. The molecule has 4 nitrogen and oxygen atoms in total. The second-order valence-electron chi connectivity index (χ2n) is 0.513. The van der Waals surface area contributed by atoms with Gasteiger partial charge in [0.25, 0.3) is 0 Å². The minimum Gasteiger partial charge on any atom is 0 e. The molecule has 0 aliphatic rings. The fraction of sp³-hybridized carbons (Fsp3) is 0. The van der Waals surface area contributed by atoms with Gasteiger partial charge in [-0.1, -0.05) is 0 Å². The predicted molar refractivity (Wildman–Crippen MR) is 22.8 cm³/mol. The first-order valence-corrected chi connectivity index (χ1v) is 2.35. The van der Waals surface area contributed by atoms with Gasteiger partial charge in [-0.25, -0.2) is 4.57 Å². The first kappa shape index (κ1) is 16.0. The molecule has 0 amide bonds. The molecule has 0 aromatic carbocycles. The minimum absolute atomic E-state index is 0. The first-order chi connectivity index (χ1) is 2.00. The van der Waals surface area contributed by atoms with Crippen molar-refractivity contribution in [1.82, 2.24) is 0 Å². The van der Waals surface area contributed by atoms with E-state index in [1.165, 1.54) is 0 Å². The van der Waals surface area contributed by atoms with Crippen LogP contribution in [0.15, 0.2) is 0 Å². The van der Waals surface area contributed by atoms with Crippen LogP contribution in [0.5, 0.6) is 0 Å². The molecule has 7 heavy (non-hydrogen) atoms. The molecule has 3 N–H and O–H groups in total. The first-order valence-electron chi connectivity index (χ1n) is 0.783. The molecule has 0 aromatic rings. The molecule has 0 rings (SSSR count). The van der Waals surface area contributed by atoms with E-state index < -0.39 is 7.82 Å². The summed E-state index contributed by atoms with van der Waals surface area (Å²) in [5.74, 6) is 0. The summed E-state index contributed by atoms with van der Waals surface area (Å²) >= 11 is 0. The van der Waals surface area contributed by atoms with E-state index in [0.717, 1.165) is 0 Å². The normalized spacial score (nSPS) is 8.43. The molecule has 0 fully saturated rings. The van der Waals surface area contributed by atoms with E-state index in [0.29, 0.717) is 0 Å². The molecule has 42 valence electrons. The Balaban J connectivity index is -0.0000000800. The van der Waals surface area contributed by atoms with Gasteiger partial charge in [0.05, 0.1) is 0 Å². The maximum atomic E-state index is 8.88. The van der Waals surface area contributed by atoms with Crippen LogP contribution in [0.2, 0.25) is 0 Å².